The summed E-state index contributed by atoms with van der Waals surface area (Å²) in [6, 6.07) is 7.12. The maximum Gasteiger partial charge on any atom is 0.245 e. The van der Waals surface area contributed by atoms with Gasteiger partial charge >= 0.3 is 0 Å². The molecule has 162 valence electrons. The second kappa shape index (κ2) is 8.90. The molecule has 8 heteroatoms. The maximum absolute atomic E-state index is 12.9. The molecule has 2 amide bonds. The number of halogens is 1. The van der Waals surface area contributed by atoms with E-state index in [-0.39, 0.29) is 30.3 Å². The first kappa shape index (κ1) is 23.4. The molecule has 1 aliphatic carbocycles. The van der Waals surface area contributed by atoms with Crippen LogP contribution in [-0.2, 0) is 20.9 Å². The number of carbonyl (C=O) groups excluding carboxylic acids is 2. The number of rotatable bonds is 7. The second-order valence-electron chi connectivity index (χ2n) is 8.26. The summed E-state index contributed by atoms with van der Waals surface area (Å²) in [5.74, 6) is 0.452. The molecule has 0 radical (unpaired) electrons. The van der Waals surface area contributed by atoms with Crippen LogP contribution in [0.4, 0.5) is 0 Å². The maximum atomic E-state index is 12.9. The van der Waals surface area contributed by atoms with E-state index in [9.17, 15) is 9.59 Å². The standard InChI is InChI=1S/C21H31N3O4.ClH/c1-5-28-17-12-21(22,20(17,2)3)19(26)23-16-10-11-24(18(16)25)13-14-6-8-15(27-4)9-7-14;/h6-9,16-17H,5,10-13,22H2,1-4H3,(H,23,26);1H. The van der Waals surface area contributed by atoms with Gasteiger partial charge in [-0.3, -0.25) is 9.59 Å². The fourth-order valence-electron chi connectivity index (χ4n) is 4.09. The SMILES string of the molecule is CCOC1CC(N)(C(=O)NC2CCN(Cc3ccc(OC)cc3)C2=O)C1(C)C.Cl. The van der Waals surface area contributed by atoms with E-state index in [4.69, 9.17) is 15.2 Å². The van der Waals surface area contributed by atoms with E-state index >= 15 is 0 Å². The van der Waals surface area contributed by atoms with Crippen LogP contribution in [0.2, 0.25) is 0 Å². The molecule has 3 atom stereocenters. The van der Waals surface area contributed by atoms with Crippen LogP contribution in [0, 0.1) is 5.41 Å². The molecule has 3 unspecified atom stereocenters. The molecule has 0 spiro atoms. The highest BCUT2D eigenvalue weighted by Gasteiger charge is 2.63. The Bertz CT molecular complexity index is 740. The molecule has 1 saturated carbocycles. The van der Waals surface area contributed by atoms with Crippen LogP contribution in [-0.4, -0.2) is 54.7 Å². The number of benzene rings is 1. The molecular formula is C21H32ClN3O4. The fraction of sp³-hybridized carbons (Fsp3) is 0.619. The third-order valence-electron chi connectivity index (χ3n) is 6.37. The van der Waals surface area contributed by atoms with Crippen molar-refractivity contribution in [1.29, 1.82) is 0 Å². The second-order valence-corrected chi connectivity index (χ2v) is 8.26. The lowest BCUT2D eigenvalue weighted by molar-refractivity contribution is -0.171. The van der Waals surface area contributed by atoms with Crippen molar-refractivity contribution >= 4 is 24.2 Å². The van der Waals surface area contributed by atoms with Crippen molar-refractivity contribution in [3.05, 3.63) is 29.8 Å². The summed E-state index contributed by atoms with van der Waals surface area (Å²) in [6.07, 6.45) is 1.02. The van der Waals surface area contributed by atoms with E-state index in [1.165, 1.54) is 0 Å². The molecule has 2 fully saturated rings. The number of nitrogens with one attached hydrogen (secondary N) is 1. The molecule has 0 aromatic heterocycles. The van der Waals surface area contributed by atoms with Gasteiger partial charge in [0.1, 0.15) is 17.3 Å². The molecule has 0 bridgehead atoms. The minimum atomic E-state index is -1.02. The highest BCUT2D eigenvalue weighted by molar-refractivity contribution is 5.94. The largest absolute Gasteiger partial charge is 0.497 e. The molecule has 3 rings (SSSR count). The smallest absolute Gasteiger partial charge is 0.245 e. The average molecular weight is 426 g/mol. The van der Waals surface area contributed by atoms with E-state index in [0.717, 1.165) is 11.3 Å². The highest BCUT2D eigenvalue weighted by Crippen LogP contribution is 2.49. The number of nitrogens with two attached hydrogens (primary N) is 1. The van der Waals surface area contributed by atoms with E-state index in [2.05, 4.69) is 5.32 Å². The third-order valence-corrected chi connectivity index (χ3v) is 6.37. The number of methoxy groups -OCH3 is 1. The number of hydrogen-bond acceptors (Lipinski definition) is 5. The topological polar surface area (TPSA) is 93.9 Å². The normalized spacial score (nSPS) is 27.8. The number of likely N-dealkylation sites (tertiary alicyclic amines) is 1. The summed E-state index contributed by atoms with van der Waals surface area (Å²) in [7, 11) is 1.62. The van der Waals surface area contributed by atoms with Gasteiger partial charge in [-0.15, -0.1) is 12.4 Å². The fourth-order valence-corrected chi connectivity index (χ4v) is 4.09. The average Bonchev–Trinajstić information content (AvgIpc) is 3.01. The summed E-state index contributed by atoms with van der Waals surface area (Å²) in [4.78, 5) is 27.4. The van der Waals surface area contributed by atoms with E-state index in [0.29, 0.717) is 32.5 Å². The van der Waals surface area contributed by atoms with Gasteiger partial charge in [0, 0.05) is 31.5 Å². The van der Waals surface area contributed by atoms with Gasteiger partial charge in [-0.05, 0) is 31.0 Å². The van der Waals surface area contributed by atoms with Crippen molar-refractivity contribution in [2.24, 2.45) is 11.1 Å². The zero-order chi connectivity index (χ0) is 20.5. The predicted octanol–water partition coefficient (Wildman–Crippen LogP) is 1.87. The van der Waals surface area contributed by atoms with Gasteiger partial charge < -0.3 is 25.4 Å². The number of carbonyl (C=O) groups is 2. The minimum Gasteiger partial charge on any atom is -0.497 e. The van der Waals surface area contributed by atoms with Crippen molar-refractivity contribution < 1.29 is 19.1 Å². The van der Waals surface area contributed by atoms with Crippen molar-refractivity contribution in [2.75, 3.05) is 20.3 Å². The first-order valence-corrected chi connectivity index (χ1v) is 9.86. The highest BCUT2D eigenvalue weighted by atomic mass is 35.5. The van der Waals surface area contributed by atoms with Gasteiger partial charge in [0.05, 0.1) is 13.2 Å². The molecule has 1 heterocycles. The molecule has 1 aromatic rings. The quantitative estimate of drug-likeness (QED) is 0.695. The Morgan fingerprint density at radius 2 is 1.97 bits per heavy atom. The summed E-state index contributed by atoms with van der Waals surface area (Å²) < 4.78 is 10.8. The van der Waals surface area contributed by atoms with E-state index in [1.54, 1.807) is 12.0 Å². The van der Waals surface area contributed by atoms with Crippen LogP contribution in [0.25, 0.3) is 0 Å². The molecule has 29 heavy (non-hydrogen) atoms. The lowest BCUT2D eigenvalue weighted by Gasteiger charge is -2.57. The Morgan fingerprint density at radius 3 is 2.52 bits per heavy atom. The van der Waals surface area contributed by atoms with Gasteiger partial charge in [-0.25, -0.2) is 0 Å². The molecule has 1 aliphatic heterocycles. The number of amides is 2. The van der Waals surface area contributed by atoms with Crippen LogP contribution in [0.5, 0.6) is 5.75 Å². The van der Waals surface area contributed by atoms with Crippen LogP contribution in [0.15, 0.2) is 24.3 Å². The summed E-state index contributed by atoms with van der Waals surface area (Å²) in [5.41, 5.74) is 5.96. The number of ether oxygens (including phenoxy) is 2. The van der Waals surface area contributed by atoms with Gasteiger partial charge in [0.15, 0.2) is 0 Å². The molecule has 1 aromatic carbocycles. The Hall–Kier alpha value is -1.83. The minimum absolute atomic E-state index is 0. The summed E-state index contributed by atoms with van der Waals surface area (Å²) >= 11 is 0. The number of nitrogens with zero attached hydrogens (tertiary/aromatic N) is 1. The zero-order valence-corrected chi connectivity index (χ0v) is 18.4. The van der Waals surface area contributed by atoms with Crippen LogP contribution in [0.3, 0.4) is 0 Å². The lowest BCUT2D eigenvalue weighted by Crippen LogP contribution is -2.76. The molecular weight excluding hydrogens is 394 g/mol. The van der Waals surface area contributed by atoms with Gasteiger partial charge in [-0.2, -0.15) is 0 Å². The molecule has 7 nitrogen and oxygen atoms in total. The van der Waals surface area contributed by atoms with Crippen LogP contribution in [0.1, 0.15) is 39.2 Å². The number of hydrogen-bond donors (Lipinski definition) is 2. The zero-order valence-electron chi connectivity index (χ0n) is 17.6. The van der Waals surface area contributed by atoms with Gasteiger partial charge in [-0.1, -0.05) is 26.0 Å². The molecule has 1 saturated heterocycles. The lowest BCUT2D eigenvalue weighted by atomic mass is 9.54. The Balaban J connectivity index is 0.00000300. The van der Waals surface area contributed by atoms with Gasteiger partial charge in [0.25, 0.3) is 0 Å². The summed E-state index contributed by atoms with van der Waals surface area (Å²) in [6.45, 7) is 7.54. The predicted molar refractivity (Wildman–Crippen MR) is 113 cm³/mol. The van der Waals surface area contributed by atoms with Crippen LogP contribution < -0.4 is 15.8 Å². The van der Waals surface area contributed by atoms with Crippen molar-refractivity contribution in [3.8, 4) is 5.75 Å². The molecule has 3 N–H and O–H groups in total. The Labute approximate surface area is 178 Å². The monoisotopic (exact) mass is 425 g/mol. The summed E-state index contributed by atoms with van der Waals surface area (Å²) in [5, 5.41) is 2.89. The van der Waals surface area contributed by atoms with Crippen molar-refractivity contribution in [1.82, 2.24) is 10.2 Å². The van der Waals surface area contributed by atoms with Crippen molar-refractivity contribution in [2.45, 2.75) is 57.8 Å². The molecule has 2 aliphatic rings. The first-order chi connectivity index (χ1) is 13.2. The first-order valence-electron chi connectivity index (χ1n) is 9.86. The van der Waals surface area contributed by atoms with E-state index < -0.39 is 17.0 Å². The van der Waals surface area contributed by atoms with E-state index in [1.807, 2.05) is 45.0 Å². The van der Waals surface area contributed by atoms with Crippen molar-refractivity contribution in [3.63, 3.8) is 0 Å². The third kappa shape index (κ3) is 4.22. The Kier molecular flexibility index (Phi) is 7.19. The Morgan fingerprint density at radius 1 is 1.31 bits per heavy atom. The van der Waals surface area contributed by atoms with Crippen LogP contribution >= 0.6 is 12.4 Å². The van der Waals surface area contributed by atoms with Gasteiger partial charge in [0.2, 0.25) is 11.8 Å².